The third kappa shape index (κ3) is 5.93. The number of carboxylic acid groups (broad SMARTS) is 1. The van der Waals surface area contributed by atoms with E-state index in [-0.39, 0.29) is 0 Å². The molecule has 1 fully saturated rings. The van der Waals surface area contributed by atoms with Crippen molar-refractivity contribution >= 4 is 24.1 Å². The zero-order valence-electron chi connectivity index (χ0n) is 9.76. The quantitative estimate of drug-likeness (QED) is 0.498. The largest absolute Gasteiger partial charge is 0.480 e. The third-order valence-corrected chi connectivity index (χ3v) is 4.04. The van der Waals surface area contributed by atoms with Crippen LogP contribution in [-0.2, 0) is 14.3 Å². The fourth-order valence-electron chi connectivity index (χ4n) is 1.72. The molecular weight excluding hydrogens is 242 g/mol. The van der Waals surface area contributed by atoms with Crippen molar-refractivity contribution in [2.45, 2.75) is 25.3 Å². The zero-order chi connectivity index (χ0) is 12.5. The van der Waals surface area contributed by atoms with Crippen molar-refractivity contribution in [1.29, 1.82) is 0 Å². The maximum absolute atomic E-state index is 10.7. The summed E-state index contributed by atoms with van der Waals surface area (Å²) >= 11 is 1.76. The van der Waals surface area contributed by atoms with Crippen molar-refractivity contribution in [2.75, 3.05) is 24.7 Å². The van der Waals surface area contributed by atoms with Gasteiger partial charge in [-0.05, 0) is 36.7 Å². The standard InChI is InChI=1S/C11H19NO4S/c13-8-12-10(11(14)15)3-6-17-7-9-1-4-16-5-2-9/h8-10H,1-7H2,(H,12,13)(H,14,15). The number of ether oxygens (including phenoxy) is 1. The summed E-state index contributed by atoms with van der Waals surface area (Å²) in [7, 11) is 0. The summed E-state index contributed by atoms with van der Waals surface area (Å²) in [5.74, 6) is 1.53. The SMILES string of the molecule is O=CNC(CCSCC1CCOCC1)C(=O)O. The van der Waals surface area contributed by atoms with Crippen LogP contribution in [0.5, 0.6) is 0 Å². The maximum atomic E-state index is 10.7. The highest BCUT2D eigenvalue weighted by molar-refractivity contribution is 7.99. The first-order valence-electron chi connectivity index (χ1n) is 5.82. The third-order valence-electron chi connectivity index (χ3n) is 2.81. The van der Waals surface area contributed by atoms with E-state index in [1.54, 1.807) is 11.8 Å². The number of nitrogens with one attached hydrogen (secondary N) is 1. The second-order valence-corrected chi connectivity index (χ2v) is 5.24. The highest BCUT2D eigenvalue weighted by atomic mass is 32.2. The maximum Gasteiger partial charge on any atom is 0.326 e. The van der Waals surface area contributed by atoms with Crippen LogP contribution in [0.3, 0.4) is 0 Å². The molecule has 1 unspecified atom stereocenters. The minimum Gasteiger partial charge on any atom is -0.480 e. The first-order chi connectivity index (χ1) is 8.24. The average molecular weight is 261 g/mol. The molecule has 0 radical (unpaired) electrons. The van der Waals surface area contributed by atoms with Gasteiger partial charge in [0.2, 0.25) is 6.41 Å². The molecule has 0 bridgehead atoms. The molecule has 1 amide bonds. The van der Waals surface area contributed by atoms with E-state index in [2.05, 4.69) is 5.32 Å². The summed E-state index contributed by atoms with van der Waals surface area (Å²) in [4.78, 5) is 20.9. The van der Waals surface area contributed by atoms with Gasteiger partial charge in [-0.2, -0.15) is 11.8 Å². The van der Waals surface area contributed by atoms with Crippen LogP contribution in [0.1, 0.15) is 19.3 Å². The van der Waals surface area contributed by atoms with E-state index in [0.717, 1.165) is 37.6 Å². The lowest BCUT2D eigenvalue weighted by Gasteiger charge is -2.21. The van der Waals surface area contributed by atoms with Gasteiger partial charge < -0.3 is 15.2 Å². The highest BCUT2D eigenvalue weighted by Crippen LogP contribution is 2.20. The van der Waals surface area contributed by atoms with E-state index >= 15 is 0 Å². The Hall–Kier alpha value is -0.750. The van der Waals surface area contributed by atoms with Crippen LogP contribution in [0.2, 0.25) is 0 Å². The number of aliphatic carboxylic acids is 1. The monoisotopic (exact) mass is 261 g/mol. The molecular formula is C11H19NO4S. The molecule has 17 heavy (non-hydrogen) atoms. The minimum atomic E-state index is -0.969. The van der Waals surface area contributed by atoms with Gasteiger partial charge in [-0.3, -0.25) is 4.79 Å². The van der Waals surface area contributed by atoms with E-state index in [1.165, 1.54) is 0 Å². The van der Waals surface area contributed by atoms with Gasteiger partial charge in [-0.1, -0.05) is 0 Å². The Morgan fingerprint density at radius 3 is 2.82 bits per heavy atom. The molecule has 98 valence electrons. The summed E-state index contributed by atoms with van der Waals surface area (Å²) in [6, 6.07) is -0.755. The molecule has 0 aromatic heterocycles. The van der Waals surface area contributed by atoms with E-state index in [1.807, 2.05) is 0 Å². The van der Waals surface area contributed by atoms with Crippen molar-refractivity contribution in [3.05, 3.63) is 0 Å². The summed E-state index contributed by atoms with van der Waals surface area (Å²) in [6.07, 6.45) is 3.12. The average Bonchev–Trinajstić information content (AvgIpc) is 2.34. The molecule has 2 N–H and O–H groups in total. The van der Waals surface area contributed by atoms with Crippen molar-refractivity contribution < 1.29 is 19.4 Å². The van der Waals surface area contributed by atoms with E-state index in [9.17, 15) is 9.59 Å². The molecule has 5 nitrogen and oxygen atoms in total. The fraction of sp³-hybridized carbons (Fsp3) is 0.818. The van der Waals surface area contributed by atoms with Gasteiger partial charge in [0.25, 0.3) is 0 Å². The molecule has 6 heteroatoms. The first kappa shape index (κ1) is 14.3. The summed E-state index contributed by atoms with van der Waals surface area (Å²) in [5, 5.41) is 11.1. The van der Waals surface area contributed by atoms with Gasteiger partial charge in [-0.25, -0.2) is 4.79 Å². The number of carbonyl (C=O) groups is 2. The van der Waals surface area contributed by atoms with Gasteiger partial charge in [0, 0.05) is 13.2 Å². The van der Waals surface area contributed by atoms with Crippen LogP contribution >= 0.6 is 11.8 Å². The van der Waals surface area contributed by atoms with Gasteiger partial charge in [0.15, 0.2) is 0 Å². The second-order valence-electron chi connectivity index (χ2n) is 4.09. The highest BCUT2D eigenvalue weighted by Gasteiger charge is 2.17. The number of hydrogen-bond acceptors (Lipinski definition) is 4. The Morgan fingerprint density at radius 2 is 2.24 bits per heavy atom. The van der Waals surface area contributed by atoms with Gasteiger partial charge in [0.05, 0.1) is 0 Å². The first-order valence-corrected chi connectivity index (χ1v) is 6.97. The Balaban J connectivity index is 2.08. The summed E-state index contributed by atoms with van der Waals surface area (Å²) in [6.45, 7) is 1.69. The lowest BCUT2D eigenvalue weighted by atomic mass is 10.0. The predicted octanol–water partition coefficient (Wildman–Crippen LogP) is 0.735. The molecule has 1 aliphatic rings. The summed E-state index contributed by atoms with van der Waals surface area (Å²) in [5.41, 5.74) is 0. The molecule has 0 aromatic carbocycles. The predicted molar refractivity (Wildman–Crippen MR) is 66.1 cm³/mol. The van der Waals surface area contributed by atoms with Crippen molar-refractivity contribution in [2.24, 2.45) is 5.92 Å². The van der Waals surface area contributed by atoms with Crippen molar-refractivity contribution in [3.8, 4) is 0 Å². The van der Waals surface area contributed by atoms with E-state index in [0.29, 0.717) is 18.7 Å². The Labute approximate surface area is 105 Å². The number of carboxylic acids is 1. The van der Waals surface area contributed by atoms with Crippen molar-refractivity contribution in [1.82, 2.24) is 5.32 Å². The smallest absolute Gasteiger partial charge is 0.326 e. The van der Waals surface area contributed by atoms with Gasteiger partial charge in [-0.15, -0.1) is 0 Å². The molecule has 1 saturated heterocycles. The minimum absolute atomic E-state index is 0.446. The number of amides is 1. The molecule has 0 aliphatic carbocycles. The lowest BCUT2D eigenvalue weighted by molar-refractivity contribution is -0.140. The van der Waals surface area contributed by atoms with Crippen LogP contribution in [0, 0.1) is 5.92 Å². The Morgan fingerprint density at radius 1 is 1.53 bits per heavy atom. The molecule has 1 heterocycles. The van der Waals surface area contributed by atoms with Crippen LogP contribution in [0.15, 0.2) is 0 Å². The van der Waals surface area contributed by atoms with Crippen molar-refractivity contribution in [3.63, 3.8) is 0 Å². The second kappa shape index (κ2) is 8.36. The van der Waals surface area contributed by atoms with E-state index < -0.39 is 12.0 Å². The van der Waals surface area contributed by atoms with Crippen LogP contribution in [0.25, 0.3) is 0 Å². The molecule has 1 aliphatic heterocycles. The lowest BCUT2D eigenvalue weighted by Crippen LogP contribution is -2.36. The van der Waals surface area contributed by atoms with Gasteiger partial charge >= 0.3 is 5.97 Å². The van der Waals surface area contributed by atoms with Crippen LogP contribution in [-0.4, -0.2) is 48.2 Å². The van der Waals surface area contributed by atoms with Gasteiger partial charge in [0.1, 0.15) is 6.04 Å². The van der Waals surface area contributed by atoms with Crippen LogP contribution in [0.4, 0.5) is 0 Å². The molecule has 0 saturated carbocycles. The number of carbonyl (C=O) groups excluding carboxylic acids is 1. The molecule has 1 rings (SSSR count). The number of rotatable bonds is 8. The normalized spacial score (nSPS) is 18.6. The van der Waals surface area contributed by atoms with E-state index in [4.69, 9.17) is 9.84 Å². The topological polar surface area (TPSA) is 75.6 Å². The van der Waals surface area contributed by atoms with Crippen LogP contribution < -0.4 is 5.32 Å². The molecule has 1 atom stereocenters. The molecule has 0 spiro atoms. The molecule has 0 aromatic rings. The number of thioether (sulfide) groups is 1. The number of hydrogen-bond donors (Lipinski definition) is 2. The zero-order valence-corrected chi connectivity index (χ0v) is 10.6. The Bertz CT molecular complexity index is 244. The summed E-state index contributed by atoms with van der Waals surface area (Å²) < 4.78 is 5.27. The Kier molecular flexibility index (Phi) is 7.04. The fourth-order valence-corrected chi connectivity index (χ4v) is 2.96.